The van der Waals surface area contributed by atoms with Gasteiger partial charge in [0.15, 0.2) is 0 Å². The van der Waals surface area contributed by atoms with E-state index < -0.39 is 22.2 Å². The minimum absolute atomic E-state index is 0.0108. The molecule has 4 rings (SSSR count). The molecular weight excluding hydrogens is 430 g/mol. The number of hydrogen-bond donors (Lipinski definition) is 4. The number of benzene rings is 3. The number of fused-ring (bicyclic) bond motifs is 1. The van der Waals surface area contributed by atoms with E-state index in [1.807, 2.05) is 37.3 Å². The molecule has 32 heavy (non-hydrogen) atoms. The number of aryl methyl sites for hydroxylation is 2. The summed E-state index contributed by atoms with van der Waals surface area (Å²) >= 11 is 0. The number of aliphatic hydroxyl groups excluding tert-OH is 1. The van der Waals surface area contributed by atoms with Crippen molar-refractivity contribution in [3.05, 3.63) is 65.7 Å². The number of nitrogens with one attached hydrogen (secondary N) is 3. The van der Waals surface area contributed by atoms with Crippen LogP contribution in [0.3, 0.4) is 0 Å². The molecule has 0 fully saturated rings. The van der Waals surface area contributed by atoms with E-state index in [0.717, 1.165) is 16.7 Å². The van der Waals surface area contributed by atoms with E-state index in [-0.39, 0.29) is 10.6 Å². The Balaban J connectivity index is 1.68. The molecule has 1 unspecified atom stereocenters. The lowest BCUT2D eigenvalue weighted by Gasteiger charge is -2.24. The summed E-state index contributed by atoms with van der Waals surface area (Å²) in [7, 11) is -2.43. The highest BCUT2D eigenvalue weighted by Crippen LogP contribution is 2.36. The Kier molecular flexibility index (Phi) is 5.53. The van der Waals surface area contributed by atoms with Crippen molar-refractivity contribution >= 4 is 33.0 Å². The Bertz CT molecular complexity index is 1320. The van der Waals surface area contributed by atoms with Crippen molar-refractivity contribution in [1.29, 1.82) is 0 Å². The van der Waals surface area contributed by atoms with Gasteiger partial charge in [-0.05, 0) is 54.8 Å². The number of carbonyl (C=O) groups is 1. The van der Waals surface area contributed by atoms with Gasteiger partial charge in [0, 0.05) is 11.6 Å². The third-order valence-corrected chi connectivity index (χ3v) is 6.82. The minimum Gasteiger partial charge on any atom is -0.496 e. The maximum Gasteiger partial charge on any atom is 0.274 e. The van der Waals surface area contributed by atoms with Crippen molar-refractivity contribution in [3.63, 3.8) is 0 Å². The molecule has 0 saturated heterocycles. The van der Waals surface area contributed by atoms with E-state index in [0.29, 0.717) is 22.7 Å². The summed E-state index contributed by atoms with van der Waals surface area (Å²) in [5, 5.41) is 14.8. The predicted octanol–water partition coefficient (Wildman–Crippen LogP) is 3.46. The van der Waals surface area contributed by atoms with Crippen LogP contribution < -0.4 is 20.1 Å². The average Bonchev–Trinajstić information content (AvgIpc) is 2.74. The quantitative estimate of drug-likeness (QED) is 0.470. The number of rotatable bonds is 5. The minimum atomic E-state index is -3.97. The second-order valence-corrected chi connectivity index (χ2v) is 9.19. The standard InChI is InChI=1S/C23H23N3O5S/c1-13-6-4-5-7-16(13)17-9-8-15(11-20(17)31-3)26-32(29,30)21-12-19-18(10-14(21)2)24-22(27)23(28)25-19/h4-12,22,24,26-27H,1-3H3,(H,25,28). The average molecular weight is 454 g/mol. The van der Waals surface area contributed by atoms with Crippen LogP contribution in [0.4, 0.5) is 17.1 Å². The van der Waals surface area contributed by atoms with Crippen molar-refractivity contribution in [2.24, 2.45) is 0 Å². The topological polar surface area (TPSA) is 117 Å². The zero-order valence-electron chi connectivity index (χ0n) is 17.8. The van der Waals surface area contributed by atoms with Gasteiger partial charge in [-0.3, -0.25) is 9.52 Å². The number of ether oxygens (including phenoxy) is 1. The molecule has 0 aromatic heterocycles. The summed E-state index contributed by atoms with van der Waals surface area (Å²) in [6, 6.07) is 15.9. The van der Waals surface area contributed by atoms with Gasteiger partial charge in [0.2, 0.25) is 6.23 Å². The van der Waals surface area contributed by atoms with Crippen LogP contribution >= 0.6 is 0 Å². The largest absolute Gasteiger partial charge is 0.496 e. The van der Waals surface area contributed by atoms with E-state index in [9.17, 15) is 18.3 Å². The zero-order chi connectivity index (χ0) is 23.0. The number of sulfonamides is 1. The zero-order valence-corrected chi connectivity index (χ0v) is 18.6. The lowest BCUT2D eigenvalue weighted by atomic mass is 9.99. The first-order valence-corrected chi connectivity index (χ1v) is 11.3. The number of hydrogen-bond acceptors (Lipinski definition) is 6. The van der Waals surface area contributed by atoms with Crippen LogP contribution in [0.5, 0.6) is 5.75 Å². The van der Waals surface area contributed by atoms with Crippen LogP contribution in [0.25, 0.3) is 11.1 Å². The van der Waals surface area contributed by atoms with Crippen LogP contribution in [-0.4, -0.2) is 32.8 Å². The molecule has 0 radical (unpaired) electrons. The van der Waals surface area contributed by atoms with Gasteiger partial charge in [0.25, 0.3) is 15.9 Å². The first-order chi connectivity index (χ1) is 15.2. The molecule has 1 aliphatic rings. The SMILES string of the molecule is COc1cc(NS(=O)(=O)c2cc3c(cc2C)NC(O)C(=O)N3)ccc1-c1ccccc1C. The Labute approximate surface area is 186 Å². The van der Waals surface area contributed by atoms with Gasteiger partial charge in [-0.25, -0.2) is 8.42 Å². The van der Waals surface area contributed by atoms with E-state index in [4.69, 9.17) is 4.74 Å². The Morgan fingerprint density at radius 2 is 1.72 bits per heavy atom. The molecule has 1 aliphatic heterocycles. The van der Waals surface area contributed by atoms with Crippen LogP contribution in [0.1, 0.15) is 11.1 Å². The smallest absolute Gasteiger partial charge is 0.274 e. The van der Waals surface area contributed by atoms with E-state index in [2.05, 4.69) is 15.4 Å². The summed E-state index contributed by atoms with van der Waals surface area (Å²) in [6.45, 7) is 3.64. The third-order valence-electron chi connectivity index (χ3n) is 5.29. The lowest BCUT2D eigenvalue weighted by Crippen LogP contribution is -2.38. The van der Waals surface area contributed by atoms with E-state index in [1.165, 1.54) is 13.2 Å². The molecule has 8 nitrogen and oxygen atoms in total. The monoisotopic (exact) mass is 453 g/mol. The highest BCUT2D eigenvalue weighted by Gasteiger charge is 2.27. The van der Waals surface area contributed by atoms with Gasteiger partial charge in [0.1, 0.15) is 5.75 Å². The van der Waals surface area contributed by atoms with Gasteiger partial charge < -0.3 is 20.5 Å². The molecule has 166 valence electrons. The summed E-state index contributed by atoms with van der Waals surface area (Å²) < 4.78 is 34.4. The molecule has 1 heterocycles. The molecular formula is C23H23N3O5S. The molecule has 0 aliphatic carbocycles. The molecule has 3 aromatic carbocycles. The molecule has 3 aromatic rings. The van der Waals surface area contributed by atoms with Crippen molar-refractivity contribution in [2.75, 3.05) is 22.5 Å². The summed E-state index contributed by atoms with van der Waals surface area (Å²) in [5.41, 5.74) is 4.44. The molecule has 0 saturated carbocycles. The van der Waals surface area contributed by atoms with Crippen LogP contribution in [0.2, 0.25) is 0 Å². The number of amides is 1. The van der Waals surface area contributed by atoms with Gasteiger partial charge in [-0.15, -0.1) is 0 Å². The number of carbonyl (C=O) groups excluding carboxylic acids is 1. The number of aliphatic hydroxyl groups is 1. The van der Waals surface area contributed by atoms with E-state index >= 15 is 0 Å². The number of anilines is 3. The van der Waals surface area contributed by atoms with Crippen LogP contribution in [0, 0.1) is 13.8 Å². The fourth-order valence-electron chi connectivity index (χ4n) is 3.68. The molecule has 9 heteroatoms. The normalized spacial score (nSPS) is 15.4. The molecule has 1 atom stereocenters. The molecule has 4 N–H and O–H groups in total. The fourth-order valence-corrected chi connectivity index (χ4v) is 4.98. The Morgan fingerprint density at radius 1 is 0.969 bits per heavy atom. The lowest BCUT2D eigenvalue weighted by molar-refractivity contribution is -0.122. The first-order valence-electron chi connectivity index (χ1n) is 9.86. The van der Waals surface area contributed by atoms with E-state index in [1.54, 1.807) is 25.1 Å². The highest BCUT2D eigenvalue weighted by atomic mass is 32.2. The Morgan fingerprint density at radius 3 is 2.44 bits per heavy atom. The molecule has 0 bridgehead atoms. The maximum absolute atomic E-state index is 13.1. The maximum atomic E-state index is 13.1. The first kappa shape index (κ1) is 21.7. The van der Waals surface area contributed by atoms with Crippen molar-refractivity contribution in [2.45, 2.75) is 25.0 Å². The Hall–Kier alpha value is -3.56. The van der Waals surface area contributed by atoms with Crippen LogP contribution in [0.15, 0.2) is 59.5 Å². The highest BCUT2D eigenvalue weighted by molar-refractivity contribution is 7.92. The van der Waals surface area contributed by atoms with Crippen molar-refractivity contribution < 1.29 is 23.1 Å². The summed E-state index contributed by atoms with van der Waals surface area (Å²) in [5.74, 6) is -0.124. The second kappa shape index (κ2) is 8.18. The van der Waals surface area contributed by atoms with Gasteiger partial charge in [-0.2, -0.15) is 0 Å². The van der Waals surface area contributed by atoms with Crippen molar-refractivity contribution in [1.82, 2.24) is 0 Å². The summed E-state index contributed by atoms with van der Waals surface area (Å²) in [4.78, 5) is 11.7. The fraction of sp³-hybridized carbons (Fsp3) is 0.174. The molecule has 1 amide bonds. The molecule has 0 spiro atoms. The van der Waals surface area contributed by atoms with Gasteiger partial charge >= 0.3 is 0 Å². The van der Waals surface area contributed by atoms with Gasteiger partial charge in [-0.1, -0.05) is 24.3 Å². The summed E-state index contributed by atoms with van der Waals surface area (Å²) in [6.07, 6.45) is -1.39. The number of methoxy groups -OCH3 is 1. The predicted molar refractivity (Wildman–Crippen MR) is 123 cm³/mol. The van der Waals surface area contributed by atoms with Crippen LogP contribution in [-0.2, 0) is 14.8 Å². The third kappa shape index (κ3) is 4.00. The van der Waals surface area contributed by atoms with Crippen molar-refractivity contribution in [3.8, 4) is 16.9 Å². The van der Waals surface area contributed by atoms with Gasteiger partial charge in [0.05, 0.1) is 29.1 Å². The second-order valence-electron chi connectivity index (χ2n) is 7.53.